The Morgan fingerprint density at radius 1 is 1.54 bits per heavy atom. The summed E-state index contributed by atoms with van der Waals surface area (Å²) in [6.45, 7) is 5.32. The van der Waals surface area contributed by atoms with Gasteiger partial charge in [-0.2, -0.15) is 0 Å². The van der Waals surface area contributed by atoms with Crippen molar-refractivity contribution in [2.45, 2.75) is 20.0 Å². The van der Waals surface area contributed by atoms with Gasteiger partial charge in [-0.1, -0.05) is 6.08 Å². The summed E-state index contributed by atoms with van der Waals surface area (Å²) in [7, 11) is 0. The van der Waals surface area contributed by atoms with Crippen LogP contribution < -0.4 is 10.6 Å². The SMILES string of the molecule is C/C=C/C(=O)NCCNCC(C)O. The predicted octanol–water partition coefficient (Wildman–Crippen LogP) is -0.351. The second-order valence-electron chi connectivity index (χ2n) is 2.84. The van der Waals surface area contributed by atoms with Crippen LogP contribution in [0.25, 0.3) is 0 Å². The third-order valence-electron chi connectivity index (χ3n) is 1.36. The predicted molar refractivity (Wildman–Crippen MR) is 52.4 cm³/mol. The fraction of sp³-hybridized carbons (Fsp3) is 0.667. The molecule has 0 heterocycles. The highest BCUT2D eigenvalue weighted by molar-refractivity contribution is 5.87. The van der Waals surface area contributed by atoms with Gasteiger partial charge in [-0.05, 0) is 19.9 Å². The summed E-state index contributed by atoms with van der Waals surface area (Å²) < 4.78 is 0. The number of hydrogen-bond acceptors (Lipinski definition) is 3. The molecule has 0 aliphatic heterocycles. The zero-order valence-corrected chi connectivity index (χ0v) is 8.21. The van der Waals surface area contributed by atoms with Gasteiger partial charge in [0.1, 0.15) is 0 Å². The first-order valence-electron chi connectivity index (χ1n) is 4.46. The molecule has 0 saturated heterocycles. The van der Waals surface area contributed by atoms with Crippen LogP contribution in [0.3, 0.4) is 0 Å². The van der Waals surface area contributed by atoms with Gasteiger partial charge in [0.25, 0.3) is 0 Å². The van der Waals surface area contributed by atoms with Crippen molar-refractivity contribution < 1.29 is 9.90 Å². The molecule has 0 fully saturated rings. The molecule has 0 bridgehead atoms. The molecule has 0 aromatic carbocycles. The van der Waals surface area contributed by atoms with Crippen LogP contribution in [0.4, 0.5) is 0 Å². The van der Waals surface area contributed by atoms with E-state index in [-0.39, 0.29) is 12.0 Å². The molecule has 76 valence electrons. The van der Waals surface area contributed by atoms with E-state index in [2.05, 4.69) is 10.6 Å². The number of amides is 1. The fourth-order valence-corrected chi connectivity index (χ4v) is 0.795. The number of carbonyl (C=O) groups excluding carboxylic acids is 1. The first-order chi connectivity index (χ1) is 6.16. The van der Waals surface area contributed by atoms with Gasteiger partial charge in [0.2, 0.25) is 5.91 Å². The monoisotopic (exact) mass is 186 g/mol. The average molecular weight is 186 g/mol. The summed E-state index contributed by atoms with van der Waals surface area (Å²) >= 11 is 0. The van der Waals surface area contributed by atoms with Crippen molar-refractivity contribution in [3.63, 3.8) is 0 Å². The van der Waals surface area contributed by atoms with Gasteiger partial charge in [-0.25, -0.2) is 0 Å². The topological polar surface area (TPSA) is 61.4 Å². The Morgan fingerprint density at radius 2 is 2.23 bits per heavy atom. The summed E-state index contributed by atoms with van der Waals surface area (Å²) in [5, 5.41) is 14.6. The first kappa shape index (κ1) is 12.1. The van der Waals surface area contributed by atoms with Crippen LogP contribution in [0.15, 0.2) is 12.2 Å². The van der Waals surface area contributed by atoms with Crippen LogP contribution in [0.2, 0.25) is 0 Å². The van der Waals surface area contributed by atoms with Crippen molar-refractivity contribution in [3.05, 3.63) is 12.2 Å². The molecule has 0 rings (SSSR count). The van der Waals surface area contributed by atoms with Crippen LogP contribution in [0, 0.1) is 0 Å². The Bertz CT molecular complexity index is 167. The molecule has 0 radical (unpaired) electrons. The highest BCUT2D eigenvalue weighted by atomic mass is 16.3. The minimum absolute atomic E-state index is 0.0821. The zero-order valence-electron chi connectivity index (χ0n) is 8.21. The molecule has 0 aromatic rings. The smallest absolute Gasteiger partial charge is 0.243 e. The molecular weight excluding hydrogens is 168 g/mol. The molecule has 13 heavy (non-hydrogen) atoms. The maximum absolute atomic E-state index is 10.9. The lowest BCUT2D eigenvalue weighted by Crippen LogP contribution is -2.33. The lowest BCUT2D eigenvalue weighted by atomic mass is 10.4. The lowest BCUT2D eigenvalue weighted by Gasteiger charge is -2.06. The average Bonchev–Trinajstić information content (AvgIpc) is 2.03. The van der Waals surface area contributed by atoms with E-state index in [1.807, 2.05) is 0 Å². The highest BCUT2D eigenvalue weighted by Gasteiger charge is 1.95. The van der Waals surface area contributed by atoms with Crippen molar-refractivity contribution in [1.29, 1.82) is 0 Å². The Labute approximate surface area is 79.0 Å². The van der Waals surface area contributed by atoms with E-state index < -0.39 is 0 Å². The Kier molecular flexibility index (Phi) is 7.24. The van der Waals surface area contributed by atoms with E-state index in [9.17, 15) is 4.79 Å². The second kappa shape index (κ2) is 7.76. The largest absolute Gasteiger partial charge is 0.392 e. The molecule has 0 aliphatic carbocycles. The Balaban J connectivity index is 3.21. The van der Waals surface area contributed by atoms with Gasteiger partial charge >= 0.3 is 0 Å². The first-order valence-corrected chi connectivity index (χ1v) is 4.46. The van der Waals surface area contributed by atoms with Gasteiger partial charge in [0.05, 0.1) is 6.10 Å². The summed E-state index contributed by atoms with van der Waals surface area (Å²) in [5.74, 6) is -0.0821. The molecule has 0 aliphatic rings. The Hall–Kier alpha value is -0.870. The van der Waals surface area contributed by atoms with Gasteiger partial charge in [0, 0.05) is 19.6 Å². The standard InChI is InChI=1S/C9H18N2O2/c1-3-4-9(13)11-6-5-10-7-8(2)12/h3-4,8,10,12H,5-7H2,1-2H3,(H,11,13)/b4-3+. The van der Waals surface area contributed by atoms with Gasteiger partial charge in [0.15, 0.2) is 0 Å². The number of carbonyl (C=O) groups is 1. The Morgan fingerprint density at radius 3 is 2.77 bits per heavy atom. The highest BCUT2D eigenvalue weighted by Crippen LogP contribution is 1.74. The molecule has 1 amide bonds. The lowest BCUT2D eigenvalue weighted by molar-refractivity contribution is -0.116. The van der Waals surface area contributed by atoms with E-state index in [0.29, 0.717) is 19.6 Å². The molecule has 1 unspecified atom stereocenters. The molecule has 0 spiro atoms. The third-order valence-corrected chi connectivity index (χ3v) is 1.36. The number of rotatable bonds is 6. The minimum Gasteiger partial charge on any atom is -0.392 e. The van der Waals surface area contributed by atoms with Crippen LogP contribution in [-0.2, 0) is 4.79 Å². The number of aliphatic hydroxyl groups excluding tert-OH is 1. The van der Waals surface area contributed by atoms with E-state index in [0.717, 1.165) is 0 Å². The van der Waals surface area contributed by atoms with Crippen molar-refractivity contribution in [3.8, 4) is 0 Å². The number of hydrogen-bond donors (Lipinski definition) is 3. The van der Waals surface area contributed by atoms with Crippen LogP contribution in [-0.4, -0.2) is 36.8 Å². The van der Waals surface area contributed by atoms with Gasteiger partial charge in [-0.15, -0.1) is 0 Å². The van der Waals surface area contributed by atoms with Gasteiger partial charge < -0.3 is 15.7 Å². The van der Waals surface area contributed by atoms with Crippen LogP contribution >= 0.6 is 0 Å². The summed E-state index contributed by atoms with van der Waals surface area (Å²) in [5.41, 5.74) is 0. The number of aliphatic hydroxyl groups is 1. The molecule has 4 nitrogen and oxygen atoms in total. The summed E-state index contributed by atoms with van der Waals surface area (Å²) in [6, 6.07) is 0. The van der Waals surface area contributed by atoms with E-state index in [1.54, 1.807) is 19.9 Å². The fourth-order valence-electron chi connectivity index (χ4n) is 0.795. The molecule has 3 N–H and O–H groups in total. The van der Waals surface area contributed by atoms with Crippen LogP contribution in [0.5, 0.6) is 0 Å². The summed E-state index contributed by atoms with van der Waals surface area (Å²) in [6.07, 6.45) is 2.83. The van der Waals surface area contributed by atoms with Crippen molar-refractivity contribution >= 4 is 5.91 Å². The maximum Gasteiger partial charge on any atom is 0.243 e. The van der Waals surface area contributed by atoms with Crippen molar-refractivity contribution in [2.75, 3.05) is 19.6 Å². The number of allylic oxidation sites excluding steroid dienone is 1. The minimum atomic E-state index is -0.341. The maximum atomic E-state index is 10.9. The van der Waals surface area contributed by atoms with E-state index in [4.69, 9.17) is 5.11 Å². The summed E-state index contributed by atoms with van der Waals surface area (Å²) in [4.78, 5) is 10.9. The third kappa shape index (κ3) is 9.04. The second-order valence-corrected chi connectivity index (χ2v) is 2.84. The molecule has 4 heteroatoms. The van der Waals surface area contributed by atoms with Crippen molar-refractivity contribution in [2.24, 2.45) is 0 Å². The quantitative estimate of drug-likeness (QED) is 0.392. The molecular formula is C9H18N2O2. The normalized spacial score (nSPS) is 13.2. The molecule has 0 aromatic heterocycles. The van der Waals surface area contributed by atoms with E-state index >= 15 is 0 Å². The molecule has 1 atom stereocenters. The number of nitrogens with one attached hydrogen (secondary N) is 2. The van der Waals surface area contributed by atoms with Crippen molar-refractivity contribution in [1.82, 2.24) is 10.6 Å². The van der Waals surface area contributed by atoms with E-state index in [1.165, 1.54) is 6.08 Å². The molecule has 0 saturated carbocycles. The zero-order chi connectivity index (χ0) is 10.1. The van der Waals surface area contributed by atoms with Gasteiger partial charge in [-0.3, -0.25) is 4.79 Å². The van der Waals surface area contributed by atoms with Crippen LogP contribution in [0.1, 0.15) is 13.8 Å².